The molecule has 0 unspecified atom stereocenters. The molecule has 3 heterocycles. The van der Waals surface area contributed by atoms with Gasteiger partial charge in [-0.15, -0.1) is 0 Å². The highest BCUT2D eigenvalue weighted by Crippen LogP contribution is 2.70. The minimum atomic E-state index is -1.58. The van der Waals surface area contributed by atoms with Crippen LogP contribution in [0, 0.1) is 28.6 Å². The van der Waals surface area contributed by atoms with Gasteiger partial charge in [0.05, 0.1) is 41.5 Å². The maximum Gasteiger partial charge on any atom is 0.331 e. The van der Waals surface area contributed by atoms with Crippen molar-refractivity contribution < 1.29 is 68.6 Å². The maximum atomic E-state index is 13.2. The Morgan fingerprint density at radius 1 is 0.960 bits per heavy atom. The van der Waals surface area contributed by atoms with Crippen molar-refractivity contribution >= 4 is 12.3 Å². The highest BCUT2D eigenvalue weighted by molar-refractivity contribution is 5.85. The molecular weight excluding hydrogens is 656 g/mol. The van der Waals surface area contributed by atoms with E-state index in [0.29, 0.717) is 44.9 Å². The Bertz CT molecular complexity index is 1330. The summed E-state index contributed by atoms with van der Waals surface area (Å²) >= 11 is 0. The summed E-state index contributed by atoms with van der Waals surface area (Å²) in [5.74, 6) is -0.635. The number of rotatable bonds is 8. The van der Waals surface area contributed by atoms with Crippen LogP contribution in [0.5, 0.6) is 0 Å². The van der Waals surface area contributed by atoms with E-state index in [1.165, 1.54) is 7.11 Å². The van der Waals surface area contributed by atoms with Gasteiger partial charge in [0.2, 0.25) is 0 Å². The van der Waals surface area contributed by atoms with Gasteiger partial charge in [-0.25, -0.2) is 4.79 Å². The number of esters is 1. The minimum Gasteiger partial charge on any atom is -0.458 e. The molecule has 4 saturated carbocycles. The second kappa shape index (κ2) is 13.4. The fourth-order valence-electron chi connectivity index (χ4n) is 11.5. The summed E-state index contributed by atoms with van der Waals surface area (Å²) in [5, 5.41) is 65.3. The third-order valence-electron chi connectivity index (χ3n) is 14.2. The van der Waals surface area contributed by atoms with Crippen molar-refractivity contribution in [2.45, 2.75) is 151 Å². The highest BCUT2D eigenvalue weighted by atomic mass is 16.7. The molecule has 7 rings (SSSR count). The Morgan fingerprint density at radius 3 is 2.40 bits per heavy atom. The van der Waals surface area contributed by atoms with Crippen LogP contribution < -0.4 is 0 Å². The largest absolute Gasteiger partial charge is 0.458 e. The molecule has 50 heavy (non-hydrogen) atoms. The molecule has 6 N–H and O–H groups in total. The molecule has 0 aromatic rings. The second-order valence-corrected chi connectivity index (χ2v) is 16.3. The van der Waals surface area contributed by atoms with E-state index >= 15 is 0 Å². The van der Waals surface area contributed by atoms with Gasteiger partial charge in [-0.2, -0.15) is 0 Å². The van der Waals surface area contributed by atoms with E-state index < -0.39 is 90.1 Å². The molecule has 6 fully saturated rings. The first-order valence-corrected chi connectivity index (χ1v) is 18.3. The normalized spacial score (nSPS) is 53.5. The third kappa shape index (κ3) is 5.55. The summed E-state index contributed by atoms with van der Waals surface area (Å²) in [6.07, 6.45) is -2.52. The maximum absolute atomic E-state index is 13.2. The molecule has 0 spiro atoms. The van der Waals surface area contributed by atoms with Crippen molar-refractivity contribution in [1.82, 2.24) is 0 Å². The predicted molar refractivity (Wildman–Crippen MR) is 171 cm³/mol. The number of hydrogen-bond acceptors (Lipinski definition) is 14. The van der Waals surface area contributed by atoms with E-state index in [1.807, 2.05) is 0 Å². The van der Waals surface area contributed by atoms with Gasteiger partial charge in [-0.1, -0.05) is 6.92 Å². The number of aliphatic hydroxyl groups excluding tert-OH is 4. The topological polar surface area (TPSA) is 211 Å². The van der Waals surface area contributed by atoms with Gasteiger partial charge in [0.25, 0.3) is 0 Å². The molecule has 3 aliphatic heterocycles. The number of hydrogen-bond donors (Lipinski definition) is 6. The molecule has 2 saturated heterocycles. The third-order valence-corrected chi connectivity index (χ3v) is 14.2. The van der Waals surface area contributed by atoms with Crippen LogP contribution in [0.2, 0.25) is 0 Å². The van der Waals surface area contributed by atoms with E-state index in [0.717, 1.165) is 18.3 Å². The lowest BCUT2D eigenvalue weighted by Gasteiger charge is -2.65. The number of carbonyl (C=O) groups is 2. The molecule has 14 heteroatoms. The summed E-state index contributed by atoms with van der Waals surface area (Å²) < 4.78 is 35.2. The molecule has 0 aromatic carbocycles. The first-order chi connectivity index (χ1) is 23.7. The zero-order valence-electron chi connectivity index (χ0n) is 29.1. The summed E-state index contributed by atoms with van der Waals surface area (Å²) in [5.41, 5.74) is -2.86. The van der Waals surface area contributed by atoms with E-state index in [2.05, 4.69) is 6.92 Å². The van der Waals surface area contributed by atoms with E-state index in [-0.39, 0.29) is 43.2 Å². The summed E-state index contributed by atoms with van der Waals surface area (Å²) in [7, 11) is 1.51. The minimum absolute atomic E-state index is 0.0352. The lowest BCUT2D eigenvalue weighted by atomic mass is 9.41. The highest BCUT2D eigenvalue weighted by Gasteiger charge is 2.71. The van der Waals surface area contributed by atoms with Crippen molar-refractivity contribution in [3.63, 3.8) is 0 Å². The Kier molecular flexibility index (Phi) is 9.84. The van der Waals surface area contributed by atoms with E-state index in [4.69, 9.17) is 28.4 Å². The molecule has 17 atom stereocenters. The fourth-order valence-corrected chi connectivity index (χ4v) is 11.5. The van der Waals surface area contributed by atoms with E-state index in [1.54, 1.807) is 13.0 Å². The molecular formula is C36H54O14. The van der Waals surface area contributed by atoms with Gasteiger partial charge in [0.15, 0.2) is 12.6 Å². The van der Waals surface area contributed by atoms with Crippen LogP contribution in [0.1, 0.15) is 78.1 Å². The standard InChI is InChI=1S/C36H54O14/c1-18-31(50-32-30(42)29(41)28(40)25(15-37)49-32)24(45-3)13-27(47-18)48-20-4-9-34(17-38)22-5-8-33(2)21(19-12-26(39)46-16-19)7-11-36(33,44)23(22)6-10-35(34,43)14-20/h12,17-18,20-25,27-32,37,40-44H,4-11,13-16H2,1-3H3/t18-,20+,21+,22-,23+,24+,25+,27-,28+,29-,30+,31+,32-,33-,34-,35-,36+/m1/s1. The monoisotopic (exact) mass is 710 g/mol. The summed E-state index contributed by atoms with van der Waals surface area (Å²) in [4.78, 5) is 25.1. The lowest BCUT2D eigenvalue weighted by Crippen LogP contribution is -2.69. The van der Waals surface area contributed by atoms with Crippen LogP contribution in [0.4, 0.5) is 0 Å². The molecule has 0 amide bonds. The van der Waals surface area contributed by atoms with Crippen LogP contribution in [0.15, 0.2) is 11.6 Å². The smallest absolute Gasteiger partial charge is 0.331 e. The van der Waals surface area contributed by atoms with Crippen molar-refractivity contribution in [2.24, 2.45) is 28.6 Å². The average molecular weight is 711 g/mol. The summed E-state index contributed by atoms with van der Waals surface area (Å²) in [6, 6.07) is 0. The van der Waals surface area contributed by atoms with Crippen LogP contribution in [0.3, 0.4) is 0 Å². The SMILES string of the molecule is CO[C@H]1C[C@@H](O[C@H]2CC[C@@]3(C=O)[C@@H]4CC[C@]5(C)[C@H](C6=CC(=O)OC6)CC[C@]5(O)[C@H]4CC[C@@]3(O)C2)O[C@H](C)[C@@H]1O[C@H]1O[C@@H](CO)[C@H](O)[C@@H](O)[C@@H]1O. The molecule has 282 valence electrons. The number of methoxy groups -OCH3 is 1. The van der Waals surface area contributed by atoms with Crippen molar-refractivity contribution in [3.8, 4) is 0 Å². The Hall–Kier alpha value is -1.56. The van der Waals surface area contributed by atoms with Crippen LogP contribution in [-0.2, 0) is 38.0 Å². The number of carbonyl (C=O) groups excluding carboxylic acids is 2. The van der Waals surface area contributed by atoms with Crippen molar-refractivity contribution in [3.05, 3.63) is 11.6 Å². The fraction of sp³-hybridized carbons (Fsp3) is 0.889. The molecule has 7 aliphatic rings. The Morgan fingerprint density at radius 2 is 1.72 bits per heavy atom. The van der Waals surface area contributed by atoms with Gasteiger partial charge in [0, 0.05) is 31.4 Å². The van der Waals surface area contributed by atoms with Gasteiger partial charge in [-0.3, -0.25) is 0 Å². The lowest BCUT2D eigenvalue weighted by molar-refractivity contribution is -0.346. The summed E-state index contributed by atoms with van der Waals surface area (Å²) in [6.45, 7) is 3.57. The molecule has 0 radical (unpaired) electrons. The van der Waals surface area contributed by atoms with Crippen molar-refractivity contribution in [2.75, 3.05) is 20.3 Å². The second-order valence-electron chi connectivity index (χ2n) is 16.3. The number of aliphatic hydroxyl groups is 6. The van der Waals surface area contributed by atoms with Crippen LogP contribution in [0.25, 0.3) is 0 Å². The molecule has 14 nitrogen and oxygen atoms in total. The first kappa shape index (κ1) is 36.8. The predicted octanol–water partition coefficient (Wildman–Crippen LogP) is 0.258. The van der Waals surface area contributed by atoms with Gasteiger partial charge < -0.3 is 63.9 Å². The van der Waals surface area contributed by atoms with Gasteiger partial charge in [-0.05, 0) is 81.6 Å². The van der Waals surface area contributed by atoms with Crippen molar-refractivity contribution in [1.29, 1.82) is 0 Å². The zero-order chi connectivity index (χ0) is 35.8. The molecule has 4 aliphatic carbocycles. The number of cyclic esters (lactones) is 1. The number of ether oxygens (including phenoxy) is 6. The van der Waals surface area contributed by atoms with Gasteiger partial charge >= 0.3 is 5.97 Å². The Labute approximate surface area is 292 Å². The Balaban J connectivity index is 1.01. The number of fused-ring (bicyclic) bond motifs is 5. The van der Waals surface area contributed by atoms with E-state index in [9.17, 15) is 40.2 Å². The van der Waals surface area contributed by atoms with Crippen LogP contribution in [-0.4, -0.2) is 136 Å². The van der Waals surface area contributed by atoms with Crippen LogP contribution >= 0.6 is 0 Å². The van der Waals surface area contributed by atoms with Gasteiger partial charge in [0.1, 0.15) is 43.4 Å². The average Bonchev–Trinajstić information content (AvgIpc) is 3.64. The first-order valence-electron chi connectivity index (χ1n) is 18.3. The molecule has 0 aromatic heterocycles. The quantitative estimate of drug-likeness (QED) is 0.113. The number of aldehydes is 1. The molecule has 0 bridgehead atoms. The zero-order valence-corrected chi connectivity index (χ0v) is 29.1.